The smallest absolute Gasteiger partial charge is 0.326 e. The highest BCUT2D eigenvalue weighted by Gasteiger charge is 2.23. The number of H-pyrrole nitrogens is 1. The number of hydrogen-bond acceptors (Lipinski definition) is 5. The summed E-state index contributed by atoms with van der Waals surface area (Å²) in [5.41, 5.74) is 5.98. The second-order valence-corrected chi connectivity index (χ2v) is 4.12. The number of rotatable bonds is 6. The molecule has 0 aliphatic heterocycles. The van der Waals surface area contributed by atoms with E-state index in [4.69, 9.17) is 15.3 Å². The van der Waals surface area contributed by atoms with Crippen molar-refractivity contribution in [3.8, 4) is 0 Å². The Kier molecular flexibility index (Phi) is 4.16. The number of aliphatic carboxylic acids is 1. The van der Waals surface area contributed by atoms with Gasteiger partial charge >= 0.3 is 5.97 Å². The topological polar surface area (TPSA) is 134 Å². The molecule has 2 aromatic rings. The summed E-state index contributed by atoms with van der Waals surface area (Å²) in [6.07, 6.45) is 3.04. The minimum atomic E-state index is -1.14. The largest absolute Gasteiger partial charge is 0.480 e. The number of carboxylic acid groups (broad SMARTS) is 1. The maximum atomic E-state index is 11.9. The van der Waals surface area contributed by atoms with Gasteiger partial charge in [0, 0.05) is 18.3 Å². The van der Waals surface area contributed by atoms with Crippen molar-refractivity contribution in [2.45, 2.75) is 19.0 Å². The highest BCUT2D eigenvalue weighted by atomic mass is 16.4. The summed E-state index contributed by atoms with van der Waals surface area (Å²) in [6, 6.07) is 1.95. The molecule has 8 nitrogen and oxygen atoms in total. The van der Waals surface area contributed by atoms with Crippen LogP contribution in [0, 0.1) is 0 Å². The van der Waals surface area contributed by atoms with Crippen LogP contribution in [0.15, 0.2) is 29.1 Å². The zero-order valence-corrected chi connectivity index (χ0v) is 10.5. The lowest BCUT2D eigenvalue weighted by Crippen LogP contribution is -2.42. The molecule has 2 heterocycles. The van der Waals surface area contributed by atoms with Crippen LogP contribution in [-0.2, 0) is 17.8 Å². The van der Waals surface area contributed by atoms with E-state index in [0.717, 1.165) is 0 Å². The van der Waals surface area contributed by atoms with Gasteiger partial charge in [-0.25, -0.2) is 9.78 Å². The Morgan fingerprint density at radius 2 is 2.30 bits per heavy atom. The average molecular weight is 278 g/mol. The molecule has 1 atom stereocenters. The molecule has 0 aromatic carbocycles. The predicted molar refractivity (Wildman–Crippen MR) is 67.8 cm³/mol. The monoisotopic (exact) mass is 278 g/mol. The number of nitrogens with zero attached hydrogens (tertiary/aromatic N) is 1. The number of furan rings is 1. The number of nitrogens with two attached hydrogens (primary N) is 1. The third kappa shape index (κ3) is 3.23. The van der Waals surface area contributed by atoms with Gasteiger partial charge in [-0.05, 0) is 12.1 Å². The number of amides is 1. The lowest BCUT2D eigenvalue weighted by molar-refractivity contribution is -0.139. The molecule has 0 fully saturated rings. The van der Waals surface area contributed by atoms with E-state index >= 15 is 0 Å². The predicted octanol–water partition coefficient (Wildman–Crippen LogP) is -0.113. The Balaban J connectivity index is 2.04. The zero-order chi connectivity index (χ0) is 14.5. The third-order valence-corrected chi connectivity index (χ3v) is 2.67. The van der Waals surface area contributed by atoms with E-state index in [9.17, 15) is 9.59 Å². The van der Waals surface area contributed by atoms with Crippen LogP contribution in [0.5, 0.6) is 0 Å². The van der Waals surface area contributed by atoms with Gasteiger partial charge in [0.15, 0.2) is 5.76 Å². The van der Waals surface area contributed by atoms with Crippen molar-refractivity contribution < 1.29 is 19.1 Å². The Hall–Kier alpha value is -2.61. The van der Waals surface area contributed by atoms with Crippen LogP contribution >= 0.6 is 0 Å². The highest BCUT2D eigenvalue weighted by Crippen LogP contribution is 2.08. The lowest BCUT2D eigenvalue weighted by Gasteiger charge is -2.12. The normalized spacial score (nSPS) is 12.1. The molecule has 106 valence electrons. The molecule has 0 spiro atoms. The number of aromatic amines is 1. The summed E-state index contributed by atoms with van der Waals surface area (Å²) in [4.78, 5) is 29.6. The molecule has 0 radical (unpaired) electrons. The van der Waals surface area contributed by atoms with E-state index < -0.39 is 17.9 Å². The number of carbonyl (C=O) groups excluding carboxylic acids is 1. The Bertz CT molecular complexity index is 590. The van der Waals surface area contributed by atoms with Crippen molar-refractivity contribution in [1.82, 2.24) is 15.3 Å². The minimum absolute atomic E-state index is 0.0290. The first-order valence-electron chi connectivity index (χ1n) is 5.90. The fraction of sp³-hybridized carbons (Fsp3) is 0.250. The van der Waals surface area contributed by atoms with Gasteiger partial charge in [-0.3, -0.25) is 4.79 Å². The minimum Gasteiger partial charge on any atom is -0.480 e. The first-order valence-corrected chi connectivity index (χ1v) is 5.90. The molecule has 8 heteroatoms. The number of aromatic nitrogens is 2. The van der Waals surface area contributed by atoms with Crippen LogP contribution in [0.1, 0.15) is 22.0 Å². The lowest BCUT2D eigenvalue weighted by atomic mass is 10.1. The molecule has 0 aliphatic carbocycles. The van der Waals surface area contributed by atoms with E-state index in [1.165, 1.54) is 18.6 Å². The fourth-order valence-corrected chi connectivity index (χ4v) is 1.66. The van der Waals surface area contributed by atoms with Crippen molar-refractivity contribution in [2.24, 2.45) is 5.73 Å². The van der Waals surface area contributed by atoms with Crippen molar-refractivity contribution in [3.63, 3.8) is 0 Å². The molecule has 0 bridgehead atoms. The summed E-state index contributed by atoms with van der Waals surface area (Å²) < 4.78 is 5.16. The molecule has 0 saturated carbocycles. The van der Waals surface area contributed by atoms with Crippen LogP contribution in [0.2, 0.25) is 0 Å². The van der Waals surface area contributed by atoms with E-state index in [0.29, 0.717) is 11.5 Å². The first kappa shape index (κ1) is 13.8. The highest BCUT2D eigenvalue weighted by molar-refractivity contribution is 5.94. The van der Waals surface area contributed by atoms with Gasteiger partial charge < -0.3 is 25.6 Å². The zero-order valence-electron chi connectivity index (χ0n) is 10.5. The fourth-order valence-electron chi connectivity index (χ4n) is 1.66. The van der Waals surface area contributed by atoms with Crippen LogP contribution in [0.4, 0.5) is 0 Å². The van der Waals surface area contributed by atoms with Crippen LogP contribution in [0.3, 0.4) is 0 Å². The van der Waals surface area contributed by atoms with E-state index in [1.807, 2.05) is 0 Å². The van der Waals surface area contributed by atoms with Crippen molar-refractivity contribution in [3.05, 3.63) is 41.9 Å². The number of carbonyl (C=O) groups is 2. The van der Waals surface area contributed by atoms with Crippen LogP contribution in [0.25, 0.3) is 0 Å². The van der Waals surface area contributed by atoms with Gasteiger partial charge in [0.1, 0.15) is 11.8 Å². The molecule has 0 aliphatic rings. The van der Waals surface area contributed by atoms with Crippen LogP contribution in [-0.4, -0.2) is 33.0 Å². The molecule has 20 heavy (non-hydrogen) atoms. The van der Waals surface area contributed by atoms with E-state index in [-0.39, 0.29) is 18.7 Å². The van der Waals surface area contributed by atoms with Crippen molar-refractivity contribution in [1.29, 1.82) is 0 Å². The van der Waals surface area contributed by atoms with Gasteiger partial charge in [-0.1, -0.05) is 0 Å². The second kappa shape index (κ2) is 6.02. The molecular formula is C12H14N4O4. The summed E-state index contributed by atoms with van der Waals surface area (Å²) in [6.45, 7) is 0.170. The Labute approximate surface area is 114 Å². The quantitative estimate of drug-likeness (QED) is 0.582. The third-order valence-electron chi connectivity index (χ3n) is 2.67. The summed E-state index contributed by atoms with van der Waals surface area (Å²) in [5, 5.41) is 11.5. The van der Waals surface area contributed by atoms with Gasteiger partial charge in [0.2, 0.25) is 0 Å². The van der Waals surface area contributed by atoms with Crippen molar-refractivity contribution in [2.75, 3.05) is 0 Å². The van der Waals surface area contributed by atoms with Gasteiger partial charge in [0.05, 0.1) is 12.9 Å². The molecular weight excluding hydrogens is 264 g/mol. The first-order chi connectivity index (χ1) is 9.60. The summed E-state index contributed by atoms with van der Waals surface area (Å²) >= 11 is 0. The number of imidazole rings is 1. The molecule has 1 amide bonds. The molecule has 0 unspecified atom stereocenters. The maximum Gasteiger partial charge on any atom is 0.326 e. The van der Waals surface area contributed by atoms with Crippen molar-refractivity contribution >= 4 is 11.9 Å². The molecule has 5 N–H and O–H groups in total. The molecule has 2 aromatic heterocycles. The van der Waals surface area contributed by atoms with E-state index in [2.05, 4.69) is 15.3 Å². The number of carboxylic acids is 1. The second-order valence-electron chi connectivity index (χ2n) is 4.12. The van der Waals surface area contributed by atoms with Gasteiger partial charge in [-0.15, -0.1) is 0 Å². The molecule has 2 rings (SSSR count). The Morgan fingerprint density at radius 3 is 2.85 bits per heavy atom. The van der Waals surface area contributed by atoms with Gasteiger partial charge in [-0.2, -0.15) is 0 Å². The average Bonchev–Trinajstić information content (AvgIpc) is 3.08. The van der Waals surface area contributed by atoms with E-state index in [1.54, 1.807) is 6.07 Å². The SMILES string of the molecule is NCc1ccc(C(=O)N[C@@H](Cc2cnc[nH]2)C(=O)O)o1. The summed E-state index contributed by atoms with van der Waals surface area (Å²) in [5.74, 6) is -1.26. The summed E-state index contributed by atoms with van der Waals surface area (Å²) in [7, 11) is 0. The standard InChI is InChI=1S/C12H14N4O4/c13-4-8-1-2-10(20-8)11(17)16-9(12(18)19)3-7-5-14-6-15-7/h1-2,5-6,9H,3-4,13H2,(H,14,15)(H,16,17)(H,18,19)/t9-/m0/s1. The van der Waals surface area contributed by atoms with Crippen LogP contribution < -0.4 is 11.1 Å². The van der Waals surface area contributed by atoms with Gasteiger partial charge in [0.25, 0.3) is 5.91 Å². The Morgan fingerprint density at radius 1 is 1.50 bits per heavy atom. The molecule has 0 saturated heterocycles. The maximum absolute atomic E-state index is 11.9. The number of nitrogens with one attached hydrogen (secondary N) is 2. The number of hydrogen-bond donors (Lipinski definition) is 4.